The number of carbonyl (C=O) groups is 1. The van der Waals surface area contributed by atoms with E-state index in [-0.39, 0.29) is 11.6 Å². The van der Waals surface area contributed by atoms with Crippen molar-refractivity contribution in [2.45, 2.75) is 6.54 Å². The third kappa shape index (κ3) is 3.59. The Morgan fingerprint density at radius 1 is 1.29 bits per heavy atom. The largest absolute Gasteiger partial charge is 0.496 e. The lowest BCUT2D eigenvalue weighted by molar-refractivity contribution is 0.0957. The third-order valence-corrected chi connectivity index (χ3v) is 2.89. The fourth-order valence-corrected chi connectivity index (χ4v) is 1.80. The second kappa shape index (κ2) is 6.56. The van der Waals surface area contributed by atoms with Crippen molar-refractivity contribution in [3.8, 4) is 5.75 Å². The van der Waals surface area contributed by atoms with Crippen molar-refractivity contribution in [2.75, 3.05) is 25.2 Å². The average molecular weight is 287 g/mol. The van der Waals surface area contributed by atoms with Crippen LogP contribution in [0.2, 0.25) is 0 Å². The summed E-state index contributed by atoms with van der Waals surface area (Å²) in [6.07, 6.45) is 0. The van der Waals surface area contributed by atoms with Crippen LogP contribution in [0.15, 0.2) is 30.3 Å². The number of amides is 1. The number of anilines is 2. The number of hydrogen-bond donors (Lipinski definition) is 3. The summed E-state index contributed by atoms with van der Waals surface area (Å²) >= 11 is 0. The summed E-state index contributed by atoms with van der Waals surface area (Å²) in [5.41, 5.74) is 7.60. The number of benzene rings is 1. The fourth-order valence-electron chi connectivity index (χ4n) is 1.80. The van der Waals surface area contributed by atoms with Crippen LogP contribution in [0.5, 0.6) is 5.75 Å². The smallest absolute Gasteiger partial charge is 0.271 e. The fraction of sp³-hybridized carbons (Fsp3) is 0.214. The van der Waals surface area contributed by atoms with Crippen LogP contribution in [0.3, 0.4) is 0 Å². The maximum absolute atomic E-state index is 11.4. The quantitative estimate of drug-likeness (QED) is 0.710. The highest BCUT2D eigenvalue weighted by atomic mass is 16.5. The van der Waals surface area contributed by atoms with Gasteiger partial charge in [-0.1, -0.05) is 0 Å². The zero-order valence-electron chi connectivity index (χ0n) is 11.9. The molecule has 0 unspecified atom stereocenters. The molecule has 1 heterocycles. The number of hydrogen-bond acceptors (Lipinski definition) is 6. The molecule has 7 nitrogen and oxygen atoms in total. The van der Waals surface area contributed by atoms with Crippen LogP contribution >= 0.6 is 0 Å². The van der Waals surface area contributed by atoms with Gasteiger partial charge in [-0.15, -0.1) is 10.2 Å². The normalized spacial score (nSPS) is 10.0. The predicted octanol–water partition coefficient (Wildman–Crippen LogP) is 1.04. The van der Waals surface area contributed by atoms with Gasteiger partial charge < -0.3 is 21.1 Å². The van der Waals surface area contributed by atoms with Gasteiger partial charge in [0.25, 0.3) is 5.91 Å². The van der Waals surface area contributed by atoms with Crippen LogP contribution in [-0.4, -0.2) is 30.3 Å². The molecule has 7 heteroatoms. The molecule has 0 aliphatic rings. The minimum Gasteiger partial charge on any atom is -0.496 e. The minimum atomic E-state index is -0.272. The summed E-state index contributed by atoms with van der Waals surface area (Å²) < 4.78 is 5.27. The highest BCUT2D eigenvalue weighted by Crippen LogP contribution is 2.21. The minimum absolute atomic E-state index is 0.268. The van der Waals surface area contributed by atoms with Crippen molar-refractivity contribution in [1.29, 1.82) is 0 Å². The first-order valence-corrected chi connectivity index (χ1v) is 6.36. The first-order valence-electron chi connectivity index (χ1n) is 6.36. The van der Waals surface area contributed by atoms with Crippen molar-refractivity contribution in [2.24, 2.45) is 0 Å². The van der Waals surface area contributed by atoms with Crippen molar-refractivity contribution < 1.29 is 9.53 Å². The number of nitrogens with zero attached hydrogens (tertiary/aromatic N) is 2. The van der Waals surface area contributed by atoms with E-state index >= 15 is 0 Å². The molecule has 0 fully saturated rings. The van der Waals surface area contributed by atoms with E-state index in [9.17, 15) is 4.79 Å². The molecule has 2 aromatic rings. The second-order valence-electron chi connectivity index (χ2n) is 4.31. The van der Waals surface area contributed by atoms with Crippen LogP contribution in [0.25, 0.3) is 0 Å². The maximum Gasteiger partial charge on any atom is 0.271 e. The van der Waals surface area contributed by atoms with E-state index in [4.69, 9.17) is 10.5 Å². The van der Waals surface area contributed by atoms with E-state index in [1.807, 2.05) is 12.1 Å². The van der Waals surface area contributed by atoms with E-state index < -0.39 is 0 Å². The first kappa shape index (κ1) is 14.6. The summed E-state index contributed by atoms with van der Waals surface area (Å²) in [5.74, 6) is 1.03. The predicted molar refractivity (Wildman–Crippen MR) is 80.2 cm³/mol. The SMILES string of the molecule is CNC(=O)c1ccc(NCc2cc(N)ccc2OC)nn1. The summed E-state index contributed by atoms with van der Waals surface area (Å²) in [4.78, 5) is 11.4. The molecule has 110 valence electrons. The topological polar surface area (TPSA) is 102 Å². The molecule has 1 aromatic carbocycles. The number of carbonyl (C=O) groups excluding carboxylic acids is 1. The van der Waals surface area contributed by atoms with Crippen LogP contribution < -0.4 is 21.1 Å². The maximum atomic E-state index is 11.4. The number of nitrogens with one attached hydrogen (secondary N) is 2. The Morgan fingerprint density at radius 2 is 2.10 bits per heavy atom. The van der Waals surface area contributed by atoms with E-state index in [0.29, 0.717) is 18.1 Å². The molecule has 0 radical (unpaired) electrons. The van der Waals surface area contributed by atoms with Gasteiger partial charge in [-0.3, -0.25) is 4.79 Å². The Morgan fingerprint density at radius 3 is 2.71 bits per heavy atom. The number of nitrogen functional groups attached to an aromatic ring is 1. The van der Waals surface area contributed by atoms with E-state index in [0.717, 1.165) is 11.3 Å². The van der Waals surface area contributed by atoms with Gasteiger partial charge in [0.15, 0.2) is 5.69 Å². The van der Waals surface area contributed by atoms with Crippen molar-refractivity contribution in [3.63, 3.8) is 0 Å². The zero-order chi connectivity index (χ0) is 15.2. The van der Waals surface area contributed by atoms with Crippen LogP contribution in [-0.2, 0) is 6.54 Å². The van der Waals surface area contributed by atoms with Gasteiger partial charge in [0.1, 0.15) is 11.6 Å². The Balaban J connectivity index is 2.06. The molecule has 21 heavy (non-hydrogen) atoms. The van der Waals surface area contributed by atoms with Gasteiger partial charge in [0.2, 0.25) is 0 Å². The summed E-state index contributed by atoms with van der Waals surface area (Å²) in [5, 5.41) is 13.4. The number of rotatable bonds is 5. The molecular formula is C14H17N5O2. The van der Waals surface area contributed by atoms with Crippen LogP contribution in [0.4, 0.5) is 11.5 Å². The van der Waals surface area contributed by atoms with E-state index in [2.05, 4.69) is 20.8 Å². The van der Waals surface area contributed by atoms with Crippen LogP contribution in [0, 0.1) is 0 Å². The molecule has 0 bridgehead atoms. The lowest BCUT2D eigenvalue weighted by Gasteiger charge is -2.10. The van der Waals surface area contributed by atoms with Crippen molar-refractivity contribution in [1.82, 2.24) is 15.5 Å². The molecule has 0 spiro atoms. The molecule has 0 atom stereocenters. The molecular weight excluding hydrogens is 270 g/mol. The molecule has 0 aliphatic heterocycles. The summed E-state index contributed by atoms with van der Waals surface area (Å²) in [6, 6.07) is 8.71. The number of methoxy groups -OCH3 is 1. The lowest BCUT2D eigenvalue weighted by Crippen LogP contribution is -2.19. The standard InChI is InChI=1S/C14H17N5O2/c1-16-14(20)11-4-6-13(19-18-11)17-8-9-7-10(15)3-5-12(9)21-2/h3-7H,8,15H2,1-2H3,(H,16,20)(H,17,19). The molecule has 4 N–H and O–H groups in total. The summed E-state index contributed by atoms with van der Waals surface area (Å²) in [7, 11) is 3.15. The van der Waals surface area contributed by atoms with Gasteiger partial charge in [-0.2, -0.15) is 0 Å². The molecule has 0 aliphatic carbocycles. The van der Waals surface area contributed by atoms with Gasteiger partial charge in [-0.25, -0.2) is 0 Å². The Labute approximate surface area is 122 Å². The highest BCUT2D eigenvalue weighted by Gasteiger charge is 2.07. The van der Waals surface area contributed by atoms with Crippen molar-refractivity contribution in [3.05, 3.63) is 41.6 Å². The second-order valence-corrected chi connectivity index (χ2v) is 4.31. The number of nitrogens with two attached hydrogens (primary N) is 1. The Kier molecular flexibility index (Phi) is 4.55. The Hall–Kier alpha value is -2.83. The monoisotopic (exact) mass is 287 g/mol. The third-order valence-electron chi connectivity index (χ3n) is 2.89. The lowest BCUT2D eigenvalue weighted by atomic mass is 10.2. The van der Waals surface area contributed by atoms with Crippen molar-refractivity contribution >= 4 is 17.4 Å². The van der Waals surface area contributed by atoms with Gasteiger partial charge in [0, 0.05) is 24.8 Å². The average Bonchev–Trinajstić information content (AvgIpc) is 2.52. The molecule has 2 rings (SSSR count). The molecule has 0 saturated carbocycles. The number of aromatic nitrogens is 2. The molecule has 1 aromatic heterocycles. The van der Waals surface area contributed by atoms with Gasteiger partial charge in [-0.05, 0) is 30.3 Å². The van der Waals surface area contributed by atoms with E-state index in [1.165, 1.54) is 0 Å². The first-order chi connectivity index (χ1) is 10.1. The van der Waals surface area contributed by atoms with Gasteiger partial charge >= 0.3 is 0 Å². The molecule has 0 saturated heterocycles. The zero-order valence-corrected chi connectivity index (χ0v) is 11.9. The number of ether oxygens (including phenoxy) is 1. The van der Waals surface area contributed by atoms with E-state index in [1.54, 1.807) is 32.4 Å². The molecule has 1 amide bonds. The van der Waals surface area contributed by atoms with Gasteiger partial charge in [0.05, 0.1) is 7.11 Å². The summed E-state index contributed by atoms with van der Waals surface area (Å²) in [6.45, 7) is 0.488. The Bertz CT molecular complexity index is 628. The van der Waals surface area contributed by atoms with Crippen LogP contribution in [0.1, 0.15) is 16.1 Å². The highest BCUT2D eigenvalue weighted by molar-refractivity contribution is 5.91.